The van der Waals surface area contributed by atoms with E-state index < -0.39 is 4.92 Å². The number of non-ortho nitro benzene ring substituents is 1. The molecule has 2 N–H and O–H groups in total. The fraction of sp³-hybridized carbons (Fsp3) is 0.364. The lowest BCUT2D eigenvalue weighted by atomic mass is 10.3. The molecule has 2 aromatic rings. The van der Waals surface area contributed by atoms with Crippen LogP contribution in [-0.2, 0) is 0 Å². The fourth-order valence-electron chi connectivity index (χ4n) is 1.66. The van der Waals surface area contributed by atoms with Gasteiger partial charge in [0.2, 0.25) is 0 Å². The zero-order valence-electron chi connectivity index (χ0n) is 10.00. The van der Waals surface area contributed by atoms with Crippen LogP contribution in [0, 0.1) is 10.1 Å². The number of fused-ring (bicyclic) bond motifs is 1. The highest BCUT2D eigenvalue weighted by molar-refractivity contribution is 5.84. The van der Waals surface area contributed by atoms with Crippen molar-refractivity contribution in [2.45, 2.75) is 6.42 Å². The lowest BCUT2D eigenvalue weighted by Crippen LogP contribution is -2.21. The topological polar surface area (TPSA) is 98.4 Å². The molecule has 7 nitrogen and oxygen atoms in total. The standard InChI is InChI=1S/C11H14N4O3/c1-14(7-3-6-12)11-13-10-8(15(16)17)4-2-5-9(10)18-11/h2,4-5H,3,6-7,12H2,1H3. The van der Waals surface area contributed by atoms with E-state index in [1.54, 1.807) is 17.0 Å². The molecule has 0 aliphatic heterocycles. The van der Waals surface area contributed by atoms with Crippen molar-refractivity contribution in [3.8, 4) is 0 Å². The van der Waals surface area contributed by atoms with Gasteiger partial charge in [0.1, 0.15) is 0 Å². The average Bonchev–Trinajstić information content (AvgIpc) is 2.79. The summed E-state index contributed by atoms with van der Waals surface area (Å²) in [5.41, 5.74) is 6.07. The molecule has 1 heterocycles. The number of nitrogens with two attached hydrogens (primary N) is 1. The molecule has 0 aliphatic carbocycles. The van der Waals surface area contributed by atoms with E-state index in [4.69, 9.17) is 10.2 Å². The number of anilines is 1. The molecule has 0 saturated carbocycles. The summed E-state index contributed by atoms with van der Waals surface area (Å²) >= 11 is 0. The highest BCUT2D eigenvalue weighted by Gasteiger charge is 2.18. The van der Waals surface area contributed by atoms with E-state index in [0.29, 0.717) is 24.7 Å². The molecule has 0 aliphatic rings. The number of hydrogen-bond donors (Lipinski definition) is 1. The highest BCUT2D eigenvalue weighted by Crippen LogP contribution is 2.28. The molecule has 0 amide bonds. The molecule has 1 aromatic carbocycles. The lowest BCUT2D eigenvalue weighted by molar-refractivity contribution is -0.383. The number of nitro groups is 1. The summed E-state index contributed by atoms with van der Waals surface area (Å²) < 4.78 is 5.49. The Bertz CT molecular complexity index is 566. The second kappa shape index (κ2) is 5.01. The van der Waals surface area contributed by atoms with Crippen molar-refractivity contribution in [1.82, 2.24) is 4.98 Å². The number of benzene rings is 1. The Morgan fingerprint density at radius 3 is 3.00 bits per heavy atom. The summed E-state index contributed by atoms with van der Waals surface area (Å²) in [4.78, 5) is 16.3. The van der Waals surface area contributed by atoms with Gasteiger partial charge < -0.3 is 15.1 Å². The minimum Gasteiger partial charge on any atom is -0.423 e. The van der Waals surface area contributed by atoms with Crippen molar-refractivity contribution < 1.29 is 9.34 Å². The summed E-state index contributed by atoms with van der Waals surface area (Å²) in [5, 5.41) is 10.9. The van der Waals surface area contributed by atoms with Crippen LogP contribution in [0.3, 0.4) is 0 Å². The molecule has 0 fully saturated rings. The third kappa shape index (κ3) is 2.25. The van der Waals surface area contributed by atoms with Crippen LogP contribution in [0.15, 0.2) is 22.6 Å². The number of nitrogens with zero attached hydrogens (tertiary/aromatic N) is 3. The van der Waals surface area contributed by atoms with Gasteiger partial charge in [-0.3, -0.25) is 10.1 Å². The Labute approximate surface area is 103 Å². The van der Waals surface area contributed by atoms with Gasteiger partial charge in [0.05, 0.1) is 4.92 Å². The number of oxazole rings is 1. The third-order valence-electron chi connectivity index (χ3n) is 2.61. The van der Waals surface area contributed by atoms with Gasteiger partial charge >= 0.3 is 0 Å². The molecule has 0 radical (unpaired) electrons. The van der Waals surface area contributed by atoms with E-state index in [1.165, 1.54) is 6.07 Å². The van der Waals surface area contributed by atoms with Gasteiger partial charge in [-0.1, -0.05) is 6.07 Å². The van der Waals surface area contributed by atoms with Crippen molar-refractivity contribution in [2.75, 3.05) is 25.0 Å². The smallest absolute Gasteiger partial charge is 0.298 e. The molecule has 0 unspecified atom stereocenters. The monoisotopic (exact) mass is 250 g/mol. The summed E-state index contributed by atoms with van der Waals surface area (Å²) in [5.74, 6) is 0. The van der Waals surface area contributed by atoms with Gasteiger partial charge in [0.25, 0.3) is 11.7 Å². The van der Waals surface area contributed by atoms with E-state index in [-0.39, 0.29) is 11.2 Å². The van der Waals surface area contributed by atoms with Gasteiger partial charge in [-0.2, -0.15) is 4.98 Å². The maximum atomic E-state index is 10.9. The van der Waals surface area contributed by atoms with E-state index in [0.717, 1.165) is 6.42 Å². The van der Waals surface area contributed by atoms with Crippen molar-refractivity contribution in [2.24, 2.45) is 5.73 Å². The first-order chi connectivity index (χ1) is 8.63. The SMILES string of the molecule is CN(CCCN)c1nc2c([N+](=O)[O-])cccc2o1. The minimum absolute atomic E-state index is 0.0466. The van der Waals surface area contributed by atoms with Crippen LogP contribution in [0.25, 0.3) is 11.1 Å². The molecular formula is C11H14N4O3. The molecule has 1 aromatic heterocycles. The van der Waals surface area contributed by atoms with Gasteiger partial charge in [-0.25, -0.2) is 0 Å². The zero-order chi connectivity index (χ0) is 13.1. The summed E-state index contributed by atoms with van der Waals surface area (Å²) in [6.45, 7) is 1.27. The van der Waals surface area contributed by atoms with Crippen LogP contribution in [0.1, 0.15) is 6.42 Å². The Kier molecular flexibility index (Phi) is 3.42. The maximum absolute atomic E-state index is 10.9. The van der Waals surface area contributed by atoms with Crippen LogP contribution in [0.5, 0.6) is 0 Å². The molecule has 7 heteroatoms. The molecule has 2 rings (SSSR count). The fourth-order valence-corrected chi connectivity index (χ4v) is 1.66. The lowest BCUT2D eigenvalue weighted by Gasteiger charge is -2.12. The zero-order valence-corrected chi connectivity index (χ0v) is 10.00. The average molecular weight is 250 g/mol. The van der Waals surface area contributed by atoms with Crippen molar-refractivity contribution >= 4 is 22.8 Å². The van der Waals surface area contributed by atoms with Crippen molar-refractivity contribution in [3.05, 3.63) is 28.3 Å². The molecular weight excluding hydrogens is 236 g/mol. The molecule has 0 saturated heterocycles. The molecule has 96 valence electrons. The summed E-state index contributed by atoms with van der Waals surface area (Å²) in [6.07, 6.45) is 0.803. The minimum atomic E-state index is -0.464. The molecule has 0 bridgehead atoms. The summed E-state index contributed by atoms with van der Waals surface area (Å²) in [6, 6.07) is 5.02. The number of nitro benzene ring substituents is 1. The maximum Gasteiger partial charge on any atom is 0.298 e. The Morgan fingerprint density at radius 1 is 1.56 bits per heavy atom. The van der Waals surface area contributed by atoms with Gasteiger partial charge in [0, 0.05) is 19.7 Å². The number of rotatable bonds is 5. The quantitative estimate of drug-likeness (QED) is 0.638. The number of aromatic nitrogens is 1. The number of para-hydroxylation sites is 1. The largest absolute Gasteiger partial charge is 0.423 e. The molecule has 0 atom stereocenters. The van der Waals surface area contributed by atoms with E-state index in [2.05, 4.69) is 4.98 Å². The van der Waals surface area contributed by atoms with Crippen LogP contribution in [0.2, 0.25) is 0 Å². The van der Waals surface area contributed by atoms with E-state index >= 15 is 0 Å². The first kappa shape index (κ1) is 12.3. The molecule has 18 heavy (non-hydrogen) atoms. The summed E-state index contributed by atoms with van der Waals surface area (Å²) in [7, 11) is 1.81. The first-order valence-electron chi connectivity index (χ1n) is 5.58. The van der Waals surface area contributed by atoms with Crippen molar-refractivity contribution in [1.29, 1.82) is 0 Å². The normalized spacial score (nSPS) is 10.8. The van der Waals surface area contributed by atoms with E-state index in [1.807, 2.05) is 7.05 Å². The van der Waals surface area contributed by atoms with Crippen LogP contribution >= 0.6 is 0 Å². The first-order valence-corrected chi connectivity index (χ1v) is 5.58. The van der Waals surface area contributed by atoms with Gasteiger partial charge in [0.15, 0.2) is 11.1 Å². The van der Waals surface area contributed by atoms with Crippen molar-refractivity contribution in [3.63, 3.8) is 0 Å². The van der Waals surface area contributed by atoms with Crippen LogP contribution in [0.4, 0.5) is 11.7 Å². The predicted octanol–water partition coefficient (Wildman–Crippen LogP) is 1.52. The third-order valence-corrected chi connectivity index (χ3v) is 2.61. The second-order valence-corrected chi connectivity index (χ2v) is 3.94. The highest BCUT2D eigenvalue weighted by atomic mass is 16.6. The Morgan fingerprint density at radius 2 is 2.33 bits per heavy atom. The second-order valence-electron chi connectivity index (χ2n) is 3.94. The van der Waals surface area contributed by atoms with Crippen LogP contribution < -0.4 is 10.6 Å². The van der Waals surface area contributed by atoms with E-state index in [9.17, 15) is 10.1 Å². The van der Waals surface area contributed by atoms with Crippen LogP contribution in [-0.4, -0.2) is 30.0 Å². The predicted molar refractivity (Wildman–Crippen MR) is 67.6 cm³/mol. The Balaban J connectivity index is 2.38. The number of hydrogen-bond acceptors (Lipinski definition) is 6. The van der Waals surface area contributed by atoms with Gasteiger partial charge in [-0.05, 0) is 19.0 Å². The Hall–Kier alpha value is -2.15. The van der Waals surface area contributed by atoms with Gasteiger partial charge in [-0.15, -0.1) is 0 Å². The molecule has 0 spiro atoms.